The van der Waals surface area contributed by atoms with Crippen LogP contribution in [-0.4, -0.2) is 52.1 Å². The smallest absolute Gasteiger partial charge is 0.407 e. The van der Waals surface area contributed by atoms with Gasteiger partial charge in [0.05, 0.1) is 17.6 Å². The van der Waals surface area contributed by atoms with Crippen molar-refractivity contribution >= 4 is 23.0 Å². The summed E-state index contributed by atoms with van der Waals surface area (Å²) in [4.78, 5) is 33.6. The lowest BCUT2D eigenvalue weighted by molar-refractivity contribution is -0.131. The number of aryl methyl sites for hydroxylation is 1. The number of amides is 2. The van der Waals surface area contributed by atoms with E-state index in [9.17, 15) is 9.59 Å². The van der Waals surface area contributed by atoms with Gasteiger partial charge in [0, 0.05) is 32.4 Å². The molecule has 2 amide bonds. The van der Waals surface area contributed by atoms with Crippen LogP contribution in [0, 0.1) is 0 Å². The molecule has 0 bridgehead atoms. The molecular formula is C18H22N4O3. The van der Waals surface area contributed by atoms with E-state index in [1.165, 1.54) is 0 Å². The number of ether oxygens (including phenoxy) is 1. The molecule has 0 radical (unpaired) electrons. The quantitative estimate of drug-likeness (QED) is 0.893. The zero-order chi connectivity index (χ0) is 17.3. The number of aromatic amines is 1. The Morgan fingerprint density at radius 3 is 2.96 bits per heavy atom. The van der Waals surface area contributed by atoms with Crippen LogP contribution in [0.2, 0.25) is 0 Å². The molecule has 0 aliphatic carbocycles. The first-order valence-electron chi connectivity index (χ1n) is 8.82. The molecule has 25 heavy (non-hydrogen) atoms. The summed E-state index contributed by atoms with van der Waals surface area (Å²) in [5, 5.41) is 2.73. The molecule has 3 heterocycles. The van der Waals surface area contributed by atoms with Crippen LogP contribution in [0.25, 0.3) is 11.0 Å². The highest BCUT2D eigenvalue weighted by molar-refractivity contribution is 5.77. The van der Waals surface area contributed by atoms with Crippen molar-refractivity contribution < 1.29 is 14.3 Å². The van der Waals surface area contributed by atoms with Gasteiger partial charge in [-0.2, -0.15) is 0 Å². The first kappa shape index (κ1) is 15.9. The van der Waals surface area contributed by atoms with E-state index in [0.29, 0.717) is 32.4 Å². The molecule has 1 aromatic carbocycles. The SMILES string of the molecule is O=C1NC[C@@]2(CCCN(C(=O)CCc3nc4ccccc4[nH]3)CC2)O1. The lowest BCUT2D eigenvalue weighted by Gasteiger charge is -2.25. The van der Waals surface area contributed by atoms with Crippen molar-refractivity contribution in [2.45, 2.75) is 37.7 Å². The number of benzene rings is 1. The summed E-state index contributed by atoms with van der Waals surface area (Å²) in [6.45, 7) is 1.90. The molecule has 2 N–H and O–H groups in total. The van der Waals surface area contributed by atoms with Gasteiger partial charge in [-0.05, 0) is 25.0 Å². The van der Waals surface area contributed by atoms with Gasteiger partial charge in [0.1, 0.15) is 11.4 Å². The van der Waals surface area contributed by atoms with Gasteiger partial charge in [-0.3, -0.25) is 4.79 Å². The number of fused-ring (bicyclic) bond motifs is 1. The van der Waals surface area contributed by atoms with Gasteiger partial charge in [-0.1, -0.05) is 12.1 Å². The molecule has 0 saturated carbocycles. The first-order chi connectivity index (χ1) is 12.1. The van der Waals surface area contributed by atoms with Crippen molar-refractivity contribution in [2.75, 3.05) is 19.6 Å². The Labute approximate surface area is 145 Å². The van der Waals surface area contributed by atoms with Crippen LogP contribution in [0.15, 0.2) is 24.3 Å². The molecular weight excluding hydrogens is 320 g/mol. The number of hydrogen-bond donors (Lipinski definition) is 2. The van der Waals surface area contributed by atoms with Gasteiger partial charge in [-0.15, -0.1) is 0 Å². The molecule has 2 aliphatic heterocycles. The van der Waals surface area contributed by atoms with Crippen molar-refractivity contribution in [3.8, 4) is 0 Å². The van der Waals surface area contributed by atoms with Crippen molar-refractivity contribution in [3.05, 3.63) is 30.1 Å². The number of carbonyl (C=O) groups excluding carboxylic acids is 2. The number of alkyl carbamates (subject to hydrolysis) is 1. The summed E-state index contributed by atoms with van der Waals surface area (Å²) in [6.07, 6.45) is 3.05. The van der Waals surface area contributed by atoms with Crippen LogP contribution >= 0.6 is 0 Å². The maximum atomic E-state index is 12.6. The van der Waals surface area contributed by atoms with Gasteiger partial charge < -0.3 is 19.9 Å². The highest BCUT2D eigenvalue weighted by Gasteiger charge is 2.41. The van der Waals surface area contributed by atoms with Gasteiger partial charge in [0.2, 0.25) is 5.91 Å². The van der Waals surface area contributed by atoms with Crippen LogP contribution in [0.4, 0.5) is 4.79 Å². The third kappa shape index (κ3) is 3.31. The zero-order valence-electron chi connectivity index (χ0n) is 14.1. The summed E-state index contributed by atoms with van der Waals surface area (Å²) in [7, 11) is 0. The summed E-state index contributed by atoms with van der Waals surface area (Å²) in [6, 6.07) is 7.87. The Hall–Kier alpha value is -2.57. The Morgan fingerprint density at radius 2 is 2.16 bits per heavy atom. The Bertz CT molecular complexity index is 769. The van der Waals surface area contributed by atoms with Crippen LogP contribution in [0.1, 0.15) is 31.5 Å². The lowest BCUT2D eigenvalue weighted by Crippen LogP contribution is -2.36. The number of carbonyl (C=O) groups is 2. The third-order valence-electron chi connectivity index (χ3n) is 5.13. The van der Waals surface area contributed by atoms with Crippen LogP contribution in [-0.2, 0) is 16.0 Å². The van der Waals surface area contributed by atoms with Crippen molar-refractivity contribution in [3.63, 3.8) is 0 Å². The minimum absolute atomic E-state index is 0.134. The molecule has 4 rings (SSSR count). The summed E-state index contributed by atoms with van der Waals surface area (Å²) in [5.41, 5.74) is 1.50. The molecule has 1 spiro atoms. The Morgan fingerprint density at radius 1 is 1.28 bits per heavy atom. The number of para-hydroxylation sites is 2. The molecule has 7 nitrogen and oxygen atoms in total. The number of rotatable bonds is 3. The highest BCUT2D eigenvalue weighted by atomic mass is 16.6. The predicted molar refractivity (Wildman–Crippen MR) is 92.1 cm³/mol. The van der Waals surface area contributed by atoms with Gasteiger partial charge in [-0.25, -0.2) is 9.78 Å². The second-order valence-electron chi connectivity index (χ2n) is 6.86. The van der Waals surface area contributed by atoms with Crippen molar-refractivity contribution in [1.82, 2.24) is 20.2 Å². The number of nitrogens with one attached hydrogen (secondary N) is 2. The van der Waals surface area contributed by atoms with E-state index >= 15 is 0 Å². The highest BCUT2D eigenvalue weighted by Crippen LogP contribution is 2.29. The van der Waals surface area contributed by atoms with E-state index in [1.807, 2.05) is 29.2 Å². The third-order valence-corrected chi connectivity index (χ3v) is 5.13. The maximum Gasteiger partial charge on any atom is 0.407 e. The number of aromatic nitrogens is 2. The van der Waals surface area contributed by atoms with Crippen LogP contribution < -0.4 is 5.32 Å². The number of H-pyrrole nitrogens is 1. The molecule has 1 aromatic heterocycles. The number of hydrogen-bond acceptors (Lipinski definition) is 4. The standard InChI is InChI=1S/C18H22N4O3/c23-16(7-6-15-20-13-4-1-2-5-14(13)21-15)22-10-3-8-18(9-11-22)12-19-17(24)25-18/h1-2,4-5H,3,6-12H2,(H,19,24)(H,20,21)/t18-/m0/s1. The largest absolute Gasteiger partial charge is 0.441 e. The molecule has 2 fully saturated rings. The summed E-state index contributed by atoms with van der Waals surface area (Å²) in [5.74, 6) is 0.976. The first-order valence-corrected chi connectivity index (χ1v) is 8.82. The maximum absolute atomic E-state index is 12.6. The average Bonchev–Trinajstić information content (AvgIpc) is 3.12. The van der Waals surface area contributed by atoms with E-state index in [0.717, 1.165) is 36.2 Å². The molecule has 2 aromatic rings. The predicted octanol–water partition coefficient (Wildman–Crippen LogP) is 1.99. The fourth-order valence-electron chi connectivity index (χ4n) is 3.71. The average molecular weight is 342 g/mol. The minimum Gasteiger partial charge on any atom is -0.441 e. The monoisotopic (exact) mass is 342 g/mol. The van der Waals surface area contributed by atoms with Gasteiger partial charge in [0.15, 0.2) is 0 Å². The number of nitrogens with zero attached hydrogens (tertiary/aromatic N) is 2. The van der Waals surface area contributed by atoms with Crippen molar-refractivity contribution in [2.24, 2.45) is 0 Å². The molecule has 2 saturated heterocycles. The summed E-state index contributed by atoms with van der Waals surface area (Å²) < 4.78 is 5.46. The molecule has 132 valence electrons. The molecule has 1 atom stereocenters. The van der Waals surface area contributed by atoms with Crippen molar-refractivity contribution in [1.29, 1.82) is 0 Å². The minimum atomic E-state index is -0.426. The molecule has 0 unspecified atom stereocenters. The number of imidazole rings is 1. The van der Waals surface area contributed by atoms with Crippen LogP contribution in [0.3, 0.4) is 0 Å². The van der Waals surface area contributed by atoms with Gasteiger partial charge >= 0.3 is 6.09 Å². The van der Waals surface area contributed by atoms with E-state index in [1.54, 1.807) is 0 Å². The van der Waals surface area contributed by atoms with E-state index in [4.69, 9.17) is 4.74 Å². The number of likely N-dealkylation sites (tertiary alicyclic amines) is 1. The topological polar surface area (TPSA) is 87.3 Å². The van der Waals surface area contributed by atoms with Crippen LogP contribution in [0.5, 0.6) is 0 Å². The fourth-order valence-corrected chi connectivity index (χ4v) is 3.71. The molecule has 7 heteroatoms. The second kappa shape index (κ2) is 6.38. The van der Waals surface area contributed by atoms with Gasteiger partial charge in [0.25, 0.3) is 0 Å². The Balaban J connectivity index is 1.34. The van der Waals surface area contributed by atoms with E-state index in [-0.39, 0.29) is 12.0 Å². The summed E-state index contributed by atoms with van der Waals surface area (Å²) >= 11 is 0. The fraction of sp³-hybridized carbons (Fsp3) is 0.500. The zero-order valence-corrected chi connectivity index (χ0v) is 14.1. The van der Waals surface area contributed by atoms with E-state index in [2.05, 4.69) is 15.3 Å². The Kier molecular flexibility index (Phi) is 4.07. The molecule has 2 aliphatic rings. The second-order valence-corrected chi connectivity index (χ2v) is 6.86. The normalized spacial score (nSPS) is 23.5. The lowest BCUT2D eigenvalue weighted by atomic mass is 9.95. The van der Waals surface area contributed by atoms with E-state index < -0.39 is 5.60 Å².